The molecule has 0 aromatic carbocycles. The first-order valence-electron chi connectivity index (χ1n) is 4.98. The normalized spacial score (nSPS) is 12.9. The Hall–Kier alpha value is -1.12. The summed E-state index contributed by atoms with van der Waals surface area (Å²) in [6, 6.07) is 3.33. The predicted octanol–water partition coefficient (Wildman–Crippen LogP) is 0.861. The van der Waals surface area contributed by atoms with Crippen molar-refractivity contribution in [3.05, 3.63) is 17.0 Å². The third kappa shape index (κ3) is 4.33. The van der Waals surface area contributed by atoms with Crippen molar-refractivity contribution in [1.82, 2.24) is 4.72 Å². The van der Waals surface area contributed by atoms with Gasteiger partial charge in [-0.05, 0) is 25.5 Å². The second-order valence-corrected chi connectivity index (χ2v) is 6.74. The molecule has 0 atom stereocenters. The van der Waals surface area contributed by atoms with Crippen LogP contribution >= 0.6 is 11.3 Å². The number of rotatable bonds is 6. The smallest absolute Gasteiger partial charge is 0.250 e. The van der Waals surface area contributed by atoms with Crippen LogP contribution in [0.25, 0.3) is 0 Å². The van der Waals surface area contributed by atoms with Gasteiger partial charge in [-0.25, -0.2) is 13.1 Å². The molecule has 0 aliphatic heterocycles. The van der Waals surface area contributed by atoms with E-state index in [0.717, 1.165) is 4.88 Å². The van der Waals surface area contributed by atoms with E-state index in [1.807, 2.05) is 6.92 Å². The van der Waals surface area contributed by atoms with E-state index >= 15 is 0 Å². The first-order valence-corrected chi connectivity index (χ1v) is 7.28. The summed E-state index contributed by atoms with van der Waals surface area (Å²) in [5, 5.41) is 11.1. The van der Waals surface area contributed by atoms with Crippen LogP contribution in [0.5, 0.6) is 0 Å². The SMILES string of the molecule is Cc1ccc(S(=O)(=O)NCCCC(N)=NO)s1. The largest absolute Gasteiger partial charge is 0.409 e. The molecule has 1 heterocycles. The number of hydrogen-bond donors (Lipinski definition) is 3. The molecule has 0 amide bonds. The van der Waals surface area contributed by atoms with Crippen molar-refractivity contribution >= 4 is 27.2 Å². The molecular formula is C9H15N3O3S2. The second kappa shape index (κ2) is 5.99. The number of nitrogens with zero attached hydrogens (tertiary/aromatic N) is 1. The number of nitrogens with two attached hydrogens (primary N) is 1. The van der Waals surface area contributed by atoms with Crippen LogP contribution in [0, 0.1) is 6.92 Å². The summed E-state index contributed by atoms with van der Waals surface area (Å²) in [5.74, 6) is 0.0937. The van der Waals surface area contributed by atoms with Crippen molar-refractivity contribution in [2.24, 2.45) is 10.9 Å². The fourth-order valence-electron chi connectivity index (χ4n) is 1.15. The lowest BCUT2D eigenvalue weighted by atomic mass is 10.3. The summed E-state index contributed by atoms with van der Waals surface area (Å²) in [6.07, 6.45) is 0.835. The Kier molecular flexibility index (Phi) is 4.91. The Morgan fingerprint density at radius 2 is 2.29 bits per heavy atom. The van der Waals surface area contributed by atoms with Crippen molar-refractivity contribution in [3.63, 3.8) is 0 Å². The van der Waals surface area contributed by atoms with Crippen LogP contribution in [-0.2, 0) is 10.0 Å². The molecule has 0 unspecified atom stereocenters. The fraction of sp³-hybridized carbons (Fsp3) is 0.444. The van der Waals surface area contributed by atoms with Gasteiger partial charge in [0.2, 0.25) is 10.0 Å². The van der Waals surface area contributed by atoms with Gasteiger partial charge in [0.15, 0.2) is 0 Å². The number of sulfonamides is 1. The minimum atomic E-state index is -3.42. The highest BCUT2D eigenvalue weighted by atomic mass is 32.2. The fourth-order valence-corrected chi connectivity index (χ4v) is 3.56. The van der Waals surface area contributed by atoms with Gasteiger partial charge in [0.1, 0.15) is 10.0 Å². The number of aryl methyl sites for hydroxylation is 1. The Balaban J connectivity index is 2.46. The van der Waals surface area contributed by atoms with Gasteiger partial charge in [-0.3, -0.25) is 0 Å². The van der Waals surface area contributed by atoms with E-state index in [9.17, 15) is 8.42 Å². The van der Waals surface area contributed by atoms with Crippen LogP contribution in [0.2, 0.25) is 0 Å². The molecule has 1 rings (SSSR count). The van der Waals surface area contributed by atoms with E-state index in [1.54, 1.807) is 12.1 Å². The van der Waals surface area contributed by atoms with Gasteiger partial charge in [-0.2, -0.15) is 0 Å². The number of nitrogens with one attached hydrogen (secondary N) is 1. The molecule has 0 spiro atoms. The van der Waals surface area contributed by atoms with Crippen LogP contribution in [0.15, 0.2) is 21.5 Å². The second-order valence-electron chi connectivity index (χ2n) is 3.46. The highest BCUT2D eigenvalue weighted by Crippen LogP contribution is 2.20. The van der Waals surface area contributed by atoms with Gasteiger partial charge in [-0.1, -0.05) is 5.16 Å². The van der Waals surface area contributed by atoms with E-state index < -0.39 is 10.0 Å². The number of thiophene rings is 1. The molecule has 0 saturated heterocycles. The zero-order chi connectivity index (χ0) is 12.9. The average molecular weight is 277 g/mol. The zero-order valence-electron chi connectivity index (χ0n) is 9.38. The van der Waals surface area contributed by atoms with Gasteiger partial charge in [0.25, 0.3) is 0 Å². The molecule has 0 saturated carbocycles. The van der Waals surface area contributed by atoms with Crippen molar-refractivity contribution < 1.29 is 13.6 Å². The standard InChI is InChI=1S/C9H15N3O3S2/c1-7-4-5-9(16-7)17(14,15)11-6-2-3-8(10)12-13/h4-5,11,13H,2-3,6H2,1H3,(H2,10,12). The summed E-state index contributed by atoms with van der Waals surface area (Å²) in [5.41, 5.74) is 5.26. The van der Waals surface area contributed by atoms with E-state index in [4.69, 9.17) is 10.9 Å². The van der Waals surface area contributed by atoms with Crippen LogP contribution in [0.1, 0.15) is 17.7 Å². The first-order chi connectivity index (χ1) is 7.95. The zero-order valence-corrected chi connectivity index (χ0v) is 11.0. The van der Waals surface area contributed by atoms with E-state index in [0.29, 0.717) is 17.1 Å². The Bertz CT molecular complexity index is 493. The molecule has 17 heavy (non-hydrogen) atoms. The molecule has 0 aliphatic rings. The maximum Gasteiger partial charge on any atom is 0.250 e. The lowest BCUT2D eigenvalue weighted by molar-refractivity contribution is 0.316. The van der Waals surface area contributed by atoms with E-state index in [-0.39, 0.29) is 12.4 Å². The van der Waals surface area contributed by atoms with Gasteiger partial charge >= 0.3 is 0 Å². The quantitative estimate of drug-likeness (QED) is 0.236. The van der Waals surface area contributed by atoms with E-state index in [2.05, 4.69) is 9.88 Å². The third-order valence-electron chi connectivity index (χ3n) is 2.01. The number of amidine groups is 1. The highest BCUT2D eigenvalue weighted by Gasteiger charge is 2.14. The molecule has 4 N–H and O–H groups in total. The van der Waals surface area contributed by atoms with Crippen LogP contribution in [-0.4, -0.2) is 26.0 Å². The number of oxime groups is 1. The van der Waals surface area contributed by atoms with Crippen molar-refractivity contribution in [2.75, 3.05) is 6.54 Å². The highest BCUT2D eigenvalue weighted by molar-refractivity contribution is 7.91. The summed E-state index contributed by atoms with van der Waals surface area (Å²) in [7, 11) is -3.42. The summed E-state index contributed by atoms with van der Waals surface area (Å²) >= 11 is 1.22. The molecule has 6 nitrogen and oxygen atoms in total. The van der Waals surface area contributed by atoms with Crippen molar-refractivity contribution in [1.29, 1.82) is 0 Å². The maximum atomic E-state index is 11.7. The van der Waals surface area contributed by atoms with E-state index in [1.165, 1.54) is 11.3 Å². The lowest BCUT2D eigenvalue weighted by Crippen LogP contribution is -2.25. The summed E-state index contributed by atoms with van der Waals surface area (Å²) in [4.78, 5) is 0.946. The molecule has 0 fully saturated rings. The Labute approximate surface area is 104 Å². The predicted molar refractivity (Wildman–Crippen MR) is 66.9 cm³/mol. The molecule has 0 bridgehead atoms. The maximum absolute atomic E-state index is 11.7. The minimum absolute atomic E-state index is 0.0937. The van der Waals surface area contributed by atoms with Gasteiger partial charge in [0.05, 0.1) is 0 Å². The third-order valence-corrected chi connectivity index (χ3v) is 4.96. The van der Waals surface area contributed by atoms with Crippen LogP contribution < -0.4 is 10.5 Å². The molecule has 96 valence electrons. The number of hydrogen-bond acceptors (Lipinski definition) is 5. The van der Waals surface area contributed by atoms with Crippen LogP contribution in [0.3, 0.4) is 0 Å². The van der Waals surface area contributed by atoms with Crippen molar-refractivity contribution in [3.8, 4) is 0 Å². The molecule has 1 aromatic rings. The summed E-state index contributed by atoms with van der Waals surface area (Å²) in [6.45, 7) is 2.11. The average Bonchev–Trinajstić information content (AvgIpc) is 2.71. The van der Waals surface area contributed by atoms with Gasteiger partial charge in [-0.15, -0.1) is 11.3 Å². The monoisotopic (exact) mass is 277 g/mol. The minimum Gasteiger partial charge on any atom is -0.409 e. The Morgan fingerprint density at radius 1 is 1.59 bits per heavy atom. The van der Waals surface area contributed by atoms with Crippen molar-refractivity contribution in [2.45, 2.75) is 24.0 Å². The Morgan fingerprint density at radius 3 is 2.82 bits per heavy atom. The molecule has 1 aromatic heterocycles. The topological polar surface area (TPSA) is 105 Å². The van der Waals surface area contributed by atoms with Gasteiger partial charge < -0.3 is 10.9 Å². The van der Waals surface area contributed by atoms with Gasteiger partial charge in [0, 0.05) is 17.8 Å². The molecular weight excluding hydrogens is 262 g/mol. The summed E-state index contributed by atoms with van der Waals surface area (Å²) < 4.78 is 26.3. The molecule has 0 aliphatic carbocycles. The first kappa shape index (κ1) is 13.9. The van der Waals surface area contributed by atoms with Crippen LogP contribution in [0.4, 0.5) is 0 Å². The molecule has 0 radical (unpaired) electrons. The lowest BCUT2D eigenvalue weighted by Gasteiger charge is -2.03. The molecule has 8 heteroatoms.